The first-order chi connectivity index (χ1) is 12.2. The summed E-state index contributed by atoms with van der Waals surface area (Å²) in [6.07, 6.45) is 1.55. The third-order valence-electron chi connectivity index (χ3n) is 4.10. The number of carbonyl (C=O) groups excluding carboxylic acids is 1. The lowest BCUT2D eigenvalue weighted by Crippen LogP contribution is -2.32. The second kappa shape index (κ2) is 7.81. The summed E-state index contributed by atoms with van der Waals surface area (Å²) in [5.74, 6) is 1.05. The van der Waals surface area contributed by atoms with Gasteiger partial charge in [0.25, 0.3) is 5.91 Å². The number of nitrogens with one attached hydrogen (secondary N) is 1. The lowest BCUT2D eigenvalue weighted by Gasteiger charge is -2.13. The van der Waals surface area contributed by atoms with E-state index in [1.54, 1.807) is 26.5 Å². The smallest absolute Gasteiger partial charge is 0.254 e. The van der Waals surface area contributed by atoms with Gasteiger partial charge in [-0.1, -0.05) is 30.3 Å². The van der Waals surface area contributed by atoms with Crippen LogP contribution in [0, 0.1) is 0 Å². The predicted octanol–water partition coefficient (Wildman–Crippen LogP) is 2.17. The molecule has 2 aromatic rings. The molecular formula is C19H21N3O3. The highest BCUT2D eigenvalue weighted by Gasteiger charge is 2.20. The number of hydrazone groups is 1. The summed E-state index contributed by atoms with van der Waals surface area (Å²) in [7, 11) is 3.15. The van der Waals surface area contributed by atoms with Crippen LogP contribution in [0.15, 0.2) is 47.6 Å². The van der Waals surface area contributed by atoms with E-state index in [1.165, 1.54) is 11.1 Å². The fourth-order valence-electron chi connectivity index (χ4n) is 2.94. The number of carbonyl (C=O) groups is 1. The summed E-state index contributed by atoms with van der Waals surface area (Å²) in [5, 5.41) is 4.03. The number of nitrogens with zero attached hydrogens (tertiary/aromatic N) is 2. The molecule has 2 aromatic carbocycles. The molecule has 0 bridgehead atoms. The minimum absolute atomic E-state index is 0.147. The first-order valence-corrected chi connectivity index (χ1v) is 8.03. The Morgan fingerprint density at radius 2 is 1.84 bits per heavy atom. The van der Waals surface area contributed by atoms with Gasteiger partial charge in [-0.05, 0) is 23.3 Å². The number of fused-ring (bicyclic) bond motifs is 1. The second-order valence-electron chi connectivity index (χ2n) is 5.79. The van der Waals surface area contributed by atoms with Crippen LogP contribution in [-0.4, -0.2) is 37.8 Å². The zero-order valence-electron chi connectivity index (χ0n) is 14.4. The molecule has 0 aromatic heterocycles. The van der Waals surface area contributed by atoms with Crippen LogP contribution in [0.2, 0.25) is 0 Å². The van der Waals surface area contributed by atoms with Gasteiger partial charge in [0.2, 0.25) is 0 Å². The van der Waals surface area contributed by atoms with Crippen LogP contribution in [0.25, 0.3) is 0 Å². The molecule has 6 heteroatoms. The summed E-state index contributed by atoms with van der Waals surface area (Å²) in [5.41, 5.74) is 5.85. The normalized spacial score (nSPS) is 13.7. The van der Waals surface area contributed by atoms with E-state index in [0.717, 1.165) is 18.7 Å². The molecular weight excluding hydrogens is 318 g/mol. The summed E-state index contributed by atoms with van der Waals surface area (Å²) >= 11 is 0. The summed E-state index contributed by atoms with van der Waals surface area (Å²) < 4.78 is 10.6. The summed E-state index contributed by atoms with van der Waals surface area (Å²) in [6, 6.07) is 13.7. The Kier molecular flexibility index (Phi) is 5.30. The van der Waals surface area contributed by atoms with Crippen LogP contribution in [0.1, 0.15) is 16.7 Å². The van der Waals surface area contributed by atoms with E-state index in [1.807, 2.05) is 24.3 Å². The van der Waals surface area contributed by atoms with Crippen molar-refractivity contribution in [1.82, 2.24) is 10.3 Å². The van der Waals surface area contributed by atoms with Crippen molar-refractivity contribution in [3.8, 4) is 11.5 Å². The maximum atomic E-state index is 12.1. The van der Waals surface area contributed by atoms with Crippen LogP contribution in [0.3, 0.4) is 0 Å². The van der Waals surface area contributed by atoms with Crippen LogP contribution >= 0.6 is 0 Å². The number of rotatable bonds is 6. The molecule has 1 amide bonds. The van der Waals surface area contributed by atoms with Crippen LogP contribution < -0.4 is 14.9 Å². The molecule has 1 heterocycles. The molecule has 1 N–H and O–H groups in total. The van der Waals surface area contributed by atoms with Crippen LogP contribution in [-0.2, 0) is 17.9 Å². The number of para-hydroxylation sites is 1. The van der Waals surface area contributed by atoms with Gasteiger partial charge in [0.1, 0.15) is 0 Å². The molecule has 130 valence electrons. The summed E-state index contributed by atoms with van der Waals surface area (Å²) in [4.78, 5) is 14.2. The van der Waals surface area contributed by atoms with E-state index in [2.05, 4.69) is 27.6 Å². The van der Waals surface area contributed by atoms with Gasteiger partial charge in [0.05, 0.1) is 27.0 Å². The van der Waals surface area contributed by atoms with Crippen molar-refractivity contribution in [3.63, 3.8) is 0 Å². The monoisotopic (exact) mass is 339 g/mol. The Labute approximate surface area is 147 Å². The number of hydrogen-bond donors (Lipinski definition) is 1. The third-order valence-corrected chi connectivity index (χ3v) is 4.10. The Morgan fingerprint density at radius 3 is 2.48 bits per heavy atom. The third kappa shape index (κ3) is 3.97. The number of amides is 1. The largest absolute Gasteiger partial charge is 0.493 e. The zero-order chi connectivity index (χ0) is 17.6. The molecule has 0 unspecified atom stereocenters. The first kappa shape index (κ1) is 17.0. The molecule has 0 aliphatic carbocycles. The molecule has 0 radical (unpaired) electrons. The maximum Gasteiger partial charge on any atom is 0.254 e. The maximum absolute atomic E-state index is 12.1. The molecule has 1 aliphatic rings. The van der Waals surface area contributed by atoms with Crippen molar-refractivity contribution < 1.29 is 14.3 Å². The van der Waals surface area contributed by atoms with Crippen molar-refractivity contribution in [3.05, 3.63) is 59.2 Å². The van der Waals surface area contributed by atoms with E-state index in [4.69, 9.17) is 9.47 Å². The lowest BCUT2D eigenvalue weighted by molar-refractivity contribution is -0.122. The standard InChI is InChI=1S/C19H21N3O3/c1-24-17-9-5-8-14(19(17)25-2)10-20-21-18(23)13-22-11-15-6-3-4-7-16(15)12-22/h3-10H,11-13H2,1-2H3,(H,21,23)/b20-10-. The van der Waals surface area contributed by atoms with E-state index < -0.39 is 0 Å². The van der Waals surface area contributed by atoms with Gasteiger partial charge in [-0.3, -0.25) is 9.69 Å². The first-order valence-electron chi connectivity index (χ1n) is 8.03. The highest BCUT2D eigenvalue weighted by molar-refractivity contribution is 5.86. The van der Waals surface area contributed by atoms with E-state index in [-0.39, 0.29) is 5.91 Å². The van der Waals surface area contributed by atoms with Gasteiger partial charge in [-0.25, -0.2) is 5.43 Å². The Morgan fingerprint density at radius 1 is 1.12 bits per heavy atom. The zero-order valence-corrected chi connectivity index (χ0v) is 14.4. The van der Waals surface area contributed by atoms with Crippen LogP contribution in [0.5, 0.6) is 11.5 Å². The van der Waals surface area contributed by atoms with Gasteiger partial charge in [0, 0.05) is 18.7 Å². The van der Waals surface area contributed by atoms with Crippen molar-refractivity contribution in [1.29, 1.82) is 0 Å². The van der Waals surface area contributed by atoms with Gasteiger partial charge in [0.15, 0.2) is 11.5 Å². The molecule has 1 aliphatic heterocycles. The van der Waals surface area contributed by atoms with Crippen molar-refractivity contribution in [2.24, 2.45) is 5.10 Å². The minimum Gasteiger partial charge on any atom is -0.493 e. The summed E-state index contributed by atoms with van der Waals surface area (Å²) in [6.45, 7) is 1.88. The minimum atomic E-state index is -0.147. The Bertz CT molecular complexity index is 764. The Balaban J connectivity index is 1.56. The van der Waals surface area contributed by atoms with E-state index >= 15 is 0 Å². The van der Waals surface area contributed by atoms with E-state index in [0.29, 0.717) is 18.0 Å². The number of benzene rings is 2. The second-order valence-corrected chi connectivity index (χ2v) is 5.79. The molecule has 25 heavy (non-hydrogen) atoms. The lowest BCUT2D eigenvalue weighted by atomic mass is 10.1. The molecule has 0 spiro atoms. The van der Waals surface area contributed by atoms with Gasteiger partial charge >= 0.3 is 0 Å². The van der Waals surface area contributed by atoms with E-state index in [9.17, 15) is 4.79 Å². The van der Waals surface area contributed by atoms with Crippen molar-refractivity contribution in [2.75, 3.05) is 20.8 Å². The number of hydrogen-bond acceptors (Lipinski definition) is 5. The Hall–Kier alpha value is -2.86. The van der Waals surface area contributed by atoms with Crippen LogP contribution in [0.4, 0.5) is 0 Å². The topological polar surface area (TPSA) is 63.2 Å². The van der Waals surface area contributed by atoms with Gasteiger partial charge in [-0.15, -0.1) is 0 Å². The average molecular weight is 339 g/mol. The highest BCUT2D eigenvalue weighted by Crippen LogP contribution is 2.29. The van der Waals surface area contributed by atoms with Gasteiger partial charge < -0.3 is 9.47 Å². The molecule has 3 rings (SSSR count). The fourth-order valence-corrected chi connectivity index (χ4v) is 2.94. The fraction of sp³-hybridized carbons (Fsp3) is 0.263. The highest BCUT2D eigenvalue weighted by atomic mass is 16.5. The van der Waals surface area contributed by atoms with Crippen molar-refractivity contribution >= 4 is 12.1 Å². The average Bonchev–Trinajstić information content (AvgIpc) is 3.03. The molecule has 0 saturated heterocycles. The van der Waals surface area contributed by atoms with Gasteiger partial charge in [-0.2, -0.15) is 5.10 Å². The predicted molar refractivity (Wildman–Crippen MR) is 95.8 cm³/mol. The SMILES string of the molecule is COc1cccc(/C=N\NC(=O)CN2Cc3ccccc3C2)c1OC. The molecule has 0 fully saturated rings. The quantitative estimate of drug-likeness (QED) is 0.647. The molecule has 6 nitrogen and oxygen atoms in total. The molecule has 0 saturated carbocycles. The number of ether oxygens (including phenoxy) is 2. The number of methoxy groups -OCH3 is 2. The molecule has 0 atom stereocenters. The van der Waals surface area contributed by atoms with Crippen molar-refractivity contribution in [2.45, 2.75) is 13.1 Å².